The smallest absolute Gasteiger partial charge is 0.345 e. The van der Waals surface area contributed by atoms with Gasteiger partial charge in [-0.25, -0.2) is 4.79 Å². The van der Waals surface area contributed by atoms with Crippen LogP contribution < -0.4 is 4.74 Å². The number of halogens is 1. The molecule has 0 bridgehead atoms. The Hall–Kier alpha value is -2.65. The molecule has 1 aliphatic rings. The second-order valence-corrected chi connectivity index (χ2v) is 5.84. The molecule has 3 aromatic rings. The SMILES string of the molecule is O=C(Oc1cccc2c1-c1ccc(Cl)cc1C2)c1cccnc1. The average Bonchev–Trinajstić information content (AvgIpc) is 2.94. The van der Waals surface area contributed by atoms with Crippen molar-refractivity contribution < 1.29 is 9.53 Å². The second-order valence-electron chi connectivity index (χ2n) is 5.40. The molecule has 1 heterocycles. The van der Waals surface area contributed by atoms with Crippen LogP contribution in [0.5, 0.6) is 5.75 Å². The Morgan fingerprint density at radius 3 is 2.83 bits per heavy atom. The van der Waals surface area contributed by atoms with E-state index in [9.17, 15) is 4.79 Å². The van der Waals surface area contributed by atoms with Gasteiger partial charge < -0.3 is 4.74 Å². The quantitative estimate of drug-likeness (QED) is 0.402. The van der Waals surface area contributed by atoms with E-state index < -0.39 is 5.97 Å². The Balaban J connectivity index is 1.74. The van der Waals surface area contributed by atoms with Crippen LogP contribution in [0, 0.1) is 0 Å². The molecule has 0 fully saturated rings. The van der Waals surface area contributed by atoms with Gasteiger partial charge in [-0.15, -0.1) is 0 Å². The van der Waals surface area contributed by atoms with Crippen LogP contribution in [0.25, 0.3) is 11.1 Å². The van der Waals surface area contributed by atoms with Crippen LogP contribution in [-0.2, 0) is 6.42 Å². The number of carbonyl (C=O) groups excluding carboxylic acids is 1. The van der Waals surface area contributed by atoms with E-state index in [0.717, 1.165) is 28.7 Å². The van der Waals surface area contributed by atoms with Gasteiger partial charge >= 0.3 is 5.97 Å². The molecule has 0 amide bonds. The van der Waals surface area contributed by atoms with Crippen molar-refractivity contribution in [2.75, 3.05) is 0 Å². The van der Waals surface area contributed by atoms with E-state index in [2.05, 4.69) is 4.98 Å². The first-order valence-corrected chi connectivity index (χ1v) is 7.63. The second kappa shape index (κ2) is 5.52. The Labute approximate surface area is 138 Å². The van der Waals surface area contributed by atoms with Crippen molar-refractivity contribution in [1.29, 1.82) is 0 Å². The minimum atomic E-state index is -0.408. The van der Waals surface area contributed by atoms with Crippen LogP contribution in [-0.4, -0.2) is 11.0 Å². The van der Waals surface area contributed by atoms with Gasteiger partial charge in [0.15, 0.2) is 0 Å². The lowest BCUT2D eigenvalue weighted by molar-refractivity contribution is 0.0735. The molecule has 0 saturated carbocycles. The molecule has 0 spiro atoms. The van der Waals surface area contributed by atoms with Crippen molar-refractivity contribution in [3.63, 3.8) is 0 Å². The maximum atomic E-state index is 12.3. The number of hydrogen-bond acceptors (Lipinski definition) is 3. The first-order chi connectivity index (χ1) is 11.2. The molecule has 112 valence electrons. The number of nitrogens with zero attached hydrogens (tertiary/aromatic N) is 1. The lowest BCUT2D eigenvalue weighted by Crippen LogP contribution is -2.09. The van der Waals surface area contributed by atoms with Gasteiger partial charge in [-0.1, -0.05) is 29.8 Å². The van der Waals surface area contributed by atoms with Gasteiger partial charge in [0, 0.05) is 23.0 Å². The molecule has 2 aromatic carbocycles. The predicted octanol–water partition coefficient (Wildman–Crippen LogP) is 4.53. The van der Waals surface area contributed by atoms with Crippen LogP contribution in [0.2, 0.25) is 5.02 Å². The monoisotopic (exact) mass is 321 g/mol. The van der Waals surface area contributed by atoms with E-state index in [1.807, 2.05) is 36.4 Å². The topological polar surface area (TPSA) is 39.2 Å². The predicted molar refractivity (Wildman–Crippen MR) is 88.9 cm³/mol. The largest absolute Gasteiger partial charge is 0.422 e. The van der Waals surface area contributed by atoms with Crippen molar-refractivity contribution >= 4 is 17.6 Å². The molecule has 4 heteroatoms. The fourth-order valence-corrected chi connectivity index (χ4v) is 3.11. The number of fused-ring (bicyclic) bond motifs is 3. The zero-order valence-corrected chi connectivity index (χ0v) is 12.9. The number of ether oxygens (including phenoxy) is 1. The zero-order valence-electron chi connectivity index (χ0n) is 12.1. The van der Waals surface area contributed by atoms with E-state index in [1.165, 1.54) is 6.20 Å². The van der Waals surface area contributed by atoms with Crippen LogP contribution in [0.4, 0.5) is 0 Å². The summed E-state index contributed by atoms with van der Waals surface area (Å²) in [6.45, 7) is 0. The number of benzene rings is 2. The Morgan fingerprint density at radius 1 is 1.09 bits per heavy atom. The fraction of sp³-hybridized carbons (Fsp3) is 0.0526. The van der Waals surface area contributed by atoms with Crippen molar-refractivity contribution in [2.45, 2.75) is 6.42 Å². The van der Waals surface area contributed by atoms with E-state index in [1.54, 1.807) is 18.3 Å². The Bertz CT molecular complexity index is 906. The van der Waals surface area contributed by atoms with Crippen molar-refractivity contribution in [1.82, 2.24) is 4.98 Å². The van der Waals surface area contributed by atoms with Crippen LogP contribution in [0.15, 0.2) is 60.9 Å². The lowest BCUT2D eigenvalue weighted by atomic mass is 10.0. The van der Waals surface area contributed by atoms with Gasteiger partial charge in [0.25, 0.3) is 0 Å². The van der Waals surface area contributed by atoms with Gasteiger partial charge in [-0.2, -0.15) is 0 Å². The van der Waals surface area contributed by atoms with Gasteiger partial charge in [0.2, 0.25) is 0 Å². The zero-order chi connectivity index (χ0) is 15.8. The molecule has 23 heavy (non-hydrogen) atoms. The summed E-state index contributed by atoms with van der Waals surface area (Å²) in [5.41, 5.74) is 4.76. The molecule has 0 atom stereocenters. The molecular weight excluding hydrogens is 310 g/mol. The summed E-state index contributed by atoms with van der Waals surface area (Å²) in [6.07, 6.45) is 3.92. The van der Waals surface area contributed by atoms with Gasteiger partial charge in [-0.3, -0.25) is 4.98 Å². The van der Waals surface area contributed by atoms with Crippen molar-refractivity contribution in [2.24, 2.45) is 0 Å². The summed E-state index contributed by atoms with van der Waals surface area (Å²) in [5.74, 6) is 0.159. The van der Waals surface area contributed by atoms with E-state index in [-0.39, 0.29) is 0 Å². The number of aromatic nitrogens is 1. The number of pyridine rings is 1. The molecule has 1 aliphatic carbocycles. The van der Waals surface area contributed by atoms with E-state index >= 15 is 0 Å². The highest BCUT2D eigenvalue weighted by atomic mass is 35.5. The van der Waals surface area contributed by atoms with Gasteiger partial charge in [-0.05, 0) is 53.4 Å². The molecule has 0 aliphatic heterocycles. The number of esters is 1. The minimum Gasteiger partial charge on any atom is -0.422 e. The van der Waals surface area contributed by atoms with Crippen molar-refractivity contribution in [3.05, 3.63) is 82.6 Å². The van der Waals surface area contributed by atoms with E-state index in [4.69, 9.17) is 16.3 Å². The first kappa shape index (κ1) is 14.0. The molecule has 0 radical (unpaired) electrons. The summed E-state index contributed by atoms with van der Waals surface area (Å²) in [5, 5.41) is 0.713. The molecule has 1 aromatic heterocycles. The van der Waals surface area contributed by atoms with Crippen molar-refractivity contribution in [3.8, 4) is 16.9 Å². The third kappa shape index (κ3) is 2.49. The molecule has 0 N–H and O–H groups in total. The lowest BCUT2D eigenvalue weighted by Gasteiger charge is -2.10. The Kier molecular flexibility index (Phi) is 3.36. The highest BCUT2D eigenvalue weighted by Gasteiger charge is 2.23. The maximum absolute atomic E-state index is 12.3. The molecule has 0 saturated heterocycles. The first-order valence-electron chi connectivity index (χ1n) is 7.25. The third-order valence-corrected chi connectivity index (χ3v) is 4.17. The maximum Gasteiger partial charge on any atom is 0.345 e. The summed E-state index contributed by atoms with van der Waals surface area (Å²) in [7, 11) is 0. The molecule has 0 unspecified atom stereocenters. The van der Waals surface area contributed by atoms with Crippen LogP contribution in [0.3, 0.4) is 0 Å². The normalized spacial score (nSPS) is 11.7. The number of rotatable bonds is 2. The summed E-state index contributed by atoms with van der Waals surface area (Å²) in [4.78, 5) is 16.2. The summed E-state index contributed by atoms with van der Waals surface area (Å²) in [6, 6.07) is 15.0. The molecule has 4 rings (SSSR count). The van der Waals surface area contributed by atoms with Gasteiger partial charge in [0.1, 0.15) is 5.75 Å². The minimum absolute atomic E-state index is 0.408. The Morgan fingerprint density at radius 2 is 2.00 bits per heavy atom. The highest BCUT2D eigenvalue weighted by Crippen LogP contribution is 2.43. The fourth-order valence-electron chi connectivity index (χ4n) is 2.91. The average molecular weight is 322 g/mol. The van der Waals surface area contributed by atoms with E-state index in [0.29, 0.717) is 16.3 Å². The highest BCUT2D eigenvalue weighted by molar-refractivity contribution is 6.30. The van der Waals surface area contributed by atoms with Gasteiger partial charge in [0.05, 0.1) is 5.56 Å². The summed E-state index contributed by atoms with van der Waals surface area (Å²) >= 11 is 6.08. The number of hydrogen-bond donors (Lipinski definition) is 0. The molecule has 3 nitrogen and oxygen atoms in total. The standard InChI is InChI=1S/C19H12ClNO2/c20-15-6-7-16-14(10-15)9-12-3-1-5-17(18(12)16)23-19(22)13-4-2-8-21-11-13/h1-8,10-11H,9H2. The van der Waals surface area contributed by atoms with Crippen LogP contribution >= 0.6 is 11.6 Å². The van der Waals surface area contributed by atoms with Crippen LogP contribution in [0.1, 0.15) is 21.5 Å². The third-order valence-electron chi connectivity index (χ3n) is 3.93. The summed E-state index contributed by atoms with van der Waals surface area (Å²) < 4.78 is 5.62. The number of carbonyl (C=O) groups is 1. The molecular formula is C19H12ClNO2.